The lowest BCUT2D eigenvalue weighted by molar-refractivity contribution is 0.0713. The van der Waals surface area contributed by atoms with Crippen molar-refractivity contribution >= 4 is 5.91 Å². The van der Waals surface area contributed by atoms with Crippen LogP contribution in [0.2, 0.25) is 0 Å². The lowest BCUT2D eigenvalue weighted by Gasteiger charge is -2.20. The molecule has 0 aliphatic carbocycles. The molecule has 6 heteroatoms. The molecule has 0 saturated heterocycles. The van der Waals surface area contributed by atoms with E-state index in [0.717, 1.165) is 11.1 Å². The highest BCUT2D eigenvalue weighted by molar-refractivity contribution is 5.92. The third kappa shape index (κ3) is 3.39. The molecule has 1 amide bonds. The van der Waals surface area contributed by atoms with Crippen molar-refractivity contribution in [2.75, 3.05) is 19.7 Å². The maximum Gasteiger partial charge on any atom is 0.274 e. The van der Waals surface area contributed by atoms with E-state index in [1.807, 2.05) is 6.92 Å². The van der Waals surface area contributed by atoms with Gasteiger partial charge in [0.1, 0.15) is 5.69 Å². The summed E-state index contributed by atoms with van der Waals surface area (Å²) < 4.78 is 1.12. The zero-order valence-corrected chi connectivity index (χ0v) is 10.1. The molecule has 0 radical (unpaired) electrons. The molecule has 0 aromatic carbocycles. The third-order valence-electron chi connectivity index (χ3n) is 2.33. The fourth-order valence-electron chi connectivity index (χ4n) is 1.48. The number of rotatable bonds is 5. The predicted octanol–water partition coefficient (Wildman–Crippen LogP) is -0.375. The van der Waals surface area contributed by atoms with Crippen LogP contribution in [0.4, 0.5) is 0 Å². The van der Waals surface area contributed by atoms with Gasteiger partial charge in [-0.1, -0.05) is 6.92 Å². The largest absolute Gasteiger partial charge is 0.395 e. The minimum Gasteiger partial charge on any atom is -0.395 e. The Balaban J connectivity index is 2.92. The second-order valence-corrected chi connectivity index (χ2v) is 3.70. The predicted molar refractivity (Wildman–Crippen MR) is 62.8 cm³/mol. The Kier molecular flexibility index (Phi) is 4.84. The number of hydrogen-bond donors (Lipinski definition) is 1. The number of nitrogens with zero attached hydrogens (tertiary/aromatic N) is 3. The topological polar surface area (TPSA) is 75.4 Å². The van der Waals surface area contributed by atoms with E-state index in [4.69, 9.17) is 5.11 Å². The van der Waals surface area contributed by atoms with Gasteiger partial charge in [-0.15, -0.1) is 0 Å². The second kappa shape index (κ2) is 6.15. The van der Waals surface area contributed by atoms with Gasteiger partial charge in [-0.05, 0) is 12.5 Å². The summed E-state index contributed by atoms with van der Waals surface area (Å²) in [4.78, 5) is 24.7. The van der Waals surface area contributed by atoms with Crippen molar-refractivity contribution in [3.63, 3.8) is 0 Å². The SMILES string of the molecule is CCCN(CCO)C(=O)c1ccc(=O)n(C)n1. The van der Waals surface area contributed by atoms with Gasteiger partial charge >= 0.3 is 0 Å². The number of aliphatic hydroxyl groups excluding tert-OH is 1. The van der Waals surface area contributed by atoms with Crippen molar-refractivity contribution < 1.29 is 9.90 Å². The summed E-state index contributed by atoms with van der Waals surface area (Å²) in [5.41, 5.74) is -0.0419. The molecule has 1 N–H and O–H groups in total. The summed E-state index contributed by atoms with van der Waals surface area (Å²) in [6.45, 7) is 2.70. The molecule has 0 fully saturated rings. The van der Waals surface area contributed by atoms with Crippen LogP contribution in [0.5, 0.6) is 0 Å². The van der Waals surface area contributed by atoms with Crippen LogP contribution in [0, 0.1) is 0 Å². The van der Waals surface area contributed by atoms with Crippen LogP contribution < -0.4 is 5.56 Å². The van der Waals surface area contributed by atoms with Gasteiger partial charge in [0.05, 0.1) is 6.61 Å². The maximum atomic E-state index is 12.0. The van der Waals surface area contributed by atoms with Gasteiger partial charge in [0.2, 0.25) is 0 Å². The summed E-state index contributed by atoms with van der Waals surface area (Å²) in [7, 11) is 1.50. The van der Waals surface area contributed by atoms with Gasteiger partial charge in [-0.25, -0.2) is 4.68 Å². The molecule has 6 nitrogen and oxygen atoms in total. The number of aryl methyl sites for hydroxylation is 1. The zero-order valence-electron chi connectivity index (χ0n) is 10.1. The van der Waals surface area contributed by atoms with Gasteiger partial charge in [-0.3, -0.25) is 9.59 Å². The average molecular weight is 239 g/mol. The Labute approximate surface area is 99.5 Å². The minimum atomic E-state index is -0.267. The van der Waals surface area contributed by atoms with Crippen LogP contribution in [0.3, 0.4) is 0 Å². The molecule has 0 aliphatic rings. The number of aliphatic hydroxyl groups is 1. The first kappa shape index (κ1) is 13.4. The molecule has 94 valence electrons. The van der Waals surface area contributed by atoms with Crippen molar-refractivity contribution in [2.45, 2.75) is 13.3 Å². The molecule has 1 aromatic heterocycles. The zero-order chi connectivity index (χ0) is 12.8. The Hall–Kier alpha value is -1.69. The number of hydrogen-bond acceptors (Lipinski definition) is 4. The highest BCUT2D eigenvalue weighted by Crippen LogP contribution is 2.00. The first-order chi connectivity index (χ1) is 8.10. The van der Waals surface area contributed by atoms with Crippen LogP contribution in [0.25, 0.3) is 0 Å². The van der Waals surface area contributed by atoms with E-state index in [0.29, 0.717) is 6.54 Å². The molecule has 17 heavy (non-hydrogen) atoms. The molecule has 0 atom stereocenters. The molecule has 1 aromatic rings. The lowest BCUT2D eigenvalue weighted by atomic mass is 10.3. The van der Waals surface area contributed by atoms with Crippen LogP contribution in [0.1, 0.15) is 23.8 Å². The van der Waals surface area contributed by atoms with Crippen molar-refractivity contribution in [2.24, 2.45) is 7.05 Å². The van der Waals surface area contributed by atoms with E-state index in [1.54, 1.807) is 0 Å². The molecule has 0 spiro atoms. The quantitative estimate of drug-likeness (QED) is 0.760. The second-order valence-electron chi connectivity index (χ2n) is 3.70. The lowest BCUT2D eigenvalue weighted by Crippen LogP contribution is -2.36. The summed E-state index contributed by atoms with van der Waals surface area (Å²) in [5, 5.41) is 12.8. The number of carbonyl (C=O) groups excluding carboxylic acids is 1. The van der Waals surface area contributed by atoms with Gasteiger partial charge in [-0.2, -0.15) is 5.10 Å². The monoisotopic (exact) mass is 239 g/mol. The first-order valence-corrected chi connectivity index (χ1v) is 5.54. The number of carbonyl (C=O) groups is 1. The Morgan fingerprint density at radius 2 is 2.18 bits per heavy atom. The molecule has 0 bridgehead atoms. The number of amides is 1. The van der Waals surface area contributed by atoms with Crippen LogP contribution in [-0.2, 0) is 7.05 Å². The minimum absolute atomic E-state index is 0.0858. The van der Waals surface area contributed by atoms with Crippen LogP contribution >= 0.6 is 0 Å². The Bertz CT molecular complexity index is 436. The molecule has 0 unspecified atom stereocenters. The molecule has 0 saturated carbocycles. The van der Waals surface area contributed by atoms with E-state index in [1.165, 1.54) is 24.1 Å². The van der Waals surface area contributed by atoms with Gasteiger partial charge < -0.3 is 10.0 Å². The van der Waals surface area contributed by atoms with Gasteiger partial charge in [0.15, 0.2) is 0 Å². The summed E-state index contributed by atoms with van der Waals surface area (Å²) in [6.07, 6.45) is 0.803. The Morgan fingerprint density at radius 3 is 2.71 bits per heavy atom. The smallest absolute Gasteiger partial charge is 0.274 e. The number of aromatic nitrogens is 2. The van der Waals surface area contributed by atoms with E-state index in [9.17, 15) is 9.59 Å². The van der Waals surface area contributed by atoms with E-state index in [-0.39, 0.29) is 30.3 Å². The van der Waals surface area contributed by atoms with Gasteiger partial charge in [0, 0.05) is 26.2 Å². The van der Waals surface area contributed by atoms with E-state index >= 15 is 0 Å². The summed E-state index contributed by atoms with van der Waals surface area (Å²) >= 11 is 0. The van der Waals surface area contributed by atoms with Crippen molar-refractivity contribution in [3.8, 4) is 0 Å². The molecule has 0 aliphatic heterocycles. The maximum absolute atomic E-state index is 12.0. The van der Waals surface area contributed by atoms with Gasteiger partial charge in [0.25, 0.3) is 11.5 Å². The Morgan fingerprint density at radius 1 is 1.47 bits per heavy atom. The molecule has 1 heterocycles. The highest BCUT2D eigenvalue weighted by atomic mass is 16.3. The first-order valence-electron chi connectivity index (χ1n) is 5.54. The summed E-state index contributed by atoms with van der Waals surface area (Å²) in [5.74, 6) is -0.267. The molecular formula is C11H17N3O3. The molecule has 1 rings (SSSR count). The van der Waals surface area contributed by atoms with Crippen molar-refractivity contribution in [3.05, 3.63) is 28.2 Å². The fourth-order valence-corrected chi connectivity index (χ4v) is 1.48. The van der Waals surface area contributed by atoms with Crippen molar-refractivity contribution in [1.29, 1.82) is 0 Å². The standard InChI is InChI=1S/C11H17N3O3/c1-3-6-14(7-8-15)11(17)9-4-5-10(16)13(2)12-9/h4-5,15H,3,6-8H2,1-2H3. The van der Waals surface area contributed by atoms with Crippen molar-refractivity contribution in [1.82, 2.24) is 14.7 Å². The summed E-state index contributed by atoms with van der Waals surface area (Å²) in [6, 6.07) is 2.72. The average Bonchev–Trinajstić information content (AvgIpc) is 2.31. The normalized spacial score (nSPS) is 10.3. The fraction of sp³-hybridized carbons (Fsp3) is 0.545. The van der Waals surface area contributed by atoms with Crippen LogP contribution in [-0.4, -0.2) is 45.4 Å². The molecular weight excluding hydrogens is 222 g/mol. The third-order valence-corrected chi connectivity index (χ3v) is 2.33. The van der Waals surface area contributed by atoms with Crippen LogP contribution in [0.15, 0.2) is 16.9 Å². The van der Waals surface area contributed by atoms with E-state index < -0.39 is 0 Å². The highest BCUT2D eigenvalue weighted by Gasteiger charge is 2.16. The van der Waals surface area contributed by atoms with E-state index in [2.05, 4.69) is 5.10 Å².